The first-order valence-electron chi connectivity index (χ1n) is 4.64. The molecule has 0 bridgehead atoms. The molecule has 0 aromatic carbocycles. The summed E-state index contributed by atoms with van der Waals surface area (Å²) in [4.78, 5) is 2.32. The molecular formula is C9H20ClN. The lowest BCUT2D eigenvalue weighted by molar-refractivity contribution is 0.254. The van der Waals surface area contributed by atoms with Gasteiger partial charge in [-0.15, -0.1) is 11.6 Å². The van der Waals surface area contributed by atoms with Crippen LogP contribution in [0.5, 0.6) is 0 Å². The second kappa shape index (κ2) is 6.93. The summed E-state index contributed by atoms with van der Waals surface area (Å²) < 4.78 is 0. The Kier molecular flexibility index (Phi) is 7.09. The van der Waals surface area contributed by atoms with Crippen LogP contribution in [0.3, 0.4) is 0 Å². The van der Waals surface area contributed by atoms with Gasteiger partial charge in [0.2, 0.25) is 0 Å². The molecule has 0 amide bonds. The average molecular weight is 178 g/mol. The zero-order valence-corrected chi connectivity index (χ0v) is 8.69. The molecule has 0 aliphatic carbocycles. The van der Waals surface area contributed by atoms with E-state index in [1.54, 1.807) is 0 Å². The molecular weight excluding hydrogens is 158 g/mol. The second-order valence-corrected chi connectivity index (χ2v) is 3.36. The summed E-state index contributed by atoms with van der Waals surface area (Å²) in [7, 11) is 0. The van der Waals surface area contributed by atoms with Crippen molar-refractivity contribution in [3.63, 3.8) is 0 Å². The van der Waals surface area contributed by atoms with Crippen LogP contribution in [0.1, 0.15) is 40.0 Å². The molecule has 0 saturated carbocycles. The first kappa shape index (κ1) is 11.2. The molecule has 0 N–H and O–H groups in total. The van der Waals surface area contributed by atoms with Crippen molar-refractivity contribution < 1.29 is 0 Å². The standard InChI is InChI=1S/C9H20ClN/c1-4-7-9(10)11(6-3)8-5-2/h9H,4-8H2,1-3H3. The molecule has 2 heteroatoms. The second-order valence-electron chi connectivity index (χ2n) is 2.85. The van der Waals surface area contributed by atoms with Gasteiger partial charge in [-0.1, -0.05) is 27.2 Å². The summed E-state index contributed by atoms with van der Waals surface area (Å²) in [5, 5.41) is 0. The summed E-state index contributed by atoms with van der Waals surface area (Å²) in [6.45, 7) is 8.74. The zero-order valence-electron chi connectivity index (χ0n) is 7.94. The predicted molar refractivity (Wildman–Crippen MR) is 52.1 cm³/mol. The van der Waals surface area contributed by atoms with E-state index in [4.69, 9.17) is 11.6 Å². The van der Waals surface area contributed by atoms with Crippen LogP contribution in [0.4, 0.5) is 0 Å². The highest BCUT2D eigenvalue weighted by atomic mass is 35.5. The molecule has 0 rings (SSSR count). The van der Waals surface area contributed by atoms with Crippen molar-refractivity contribution in [3.8, 4) is 0 Å². The molecule has 0 heterocycles. The molecule has 0 radical (unpaired) electrons. The zero-order chi connectivity index (χ0) is 8.69. The van der Waals surface area contributed by atoms with E-state index in [1.807, 2.05) is 0 Å². The Labute approximate surface area is 75.7 Å². The fraction of sp³-hybridized carbons (Fsp3) is 1.00. The maximum absolute atomic E-state index is 6.15. The number of rotatable bonds is 6. The van der Waals surface area contributed by atoms with Gasteiger partial charge in [0.25, 0.3) is 0 Å². The molecule has 68 valence electrons. The quantitative estimate of drug-likeness (QED) is 0.445. The molecule has 0 spiro atoms. The lowest BCUT2D eigenvalue weighted by Gasteiger charge is -2.24. The summed E-state index contributed by atoms with van der Waals surface area (Å²) in [6, 6.07) is 0. The number of hydrogen-bond donors (Lipinski definition) is 0. The van der Waals surface area contributed by atoms with Gasteiger partial charge in [0, 0.05) is 0 Å². The van der Waals surface area contributed by atoms with E-state index in [1.165, 1.54) is 12.8 Å². The average Bonchev–Trinajstić information content (AvgIpc) is 2.00. The Morgan fingerprint density at radius 1 is 1.18 bits per heavy atom. The Bertz CT molecular complexity index is 85.6. The van der Waals surface area contributed by atoms with Crippen LogP contribution in [-0.4, -0.2) is 23.5 Å². The van der Waals surface area contributed by atoms with Gasteiger partial charge >= 0.3 is 0 Å². The molecule has 0 aromatic heterocycles. The fourth-order valence-electron chi connectivity index (χ4n) is 1.20. The third-order valence-corrected chi connectivity index (χ3v) is 2.33. The minimum Gasteiger partial charge on any atom is -0.288 e. The van der Waals surface area contributed by atoms with Gasteiger partial charge in [0.15, 0.2) is 0 Å². The summed E-state index contributed by atoms with van der Waals surface area (Å²) >= 11 is 6.15. The third kappa shape index (κ3) is 4.65. The maximum Gasteiger partial charge on any atom is 0.0850 e. The van der Waals surface area contributed by atoms with Gasteiger partial charge < -0.3 is 0 Å². The Morgan fingerprint density at radius 2 is 1.82 bits per heavy atom. The van der Waals surface area contributed by atoms with Crippen molar-refractivity contribution in [2.45, 2.75) is 45.5 Å². The molecule has 1 atom stereocenters. The molecule has 0 aliphatic rings. The van der Waals surface area contributed by atoms with E-state index in [0.717, 1.165) is 19.5 Å². The Hall–Kier alpha value is 0.250. The molecule has 11 heavy (non-hydrogen) atoms. The highest BCUT2D eigenvalue weighted by molar-refractivity contribution is 6.20. The first-order valence-corrected chi connectivity index (χ1v) is 5.07. The topological polar surface area (TPSA) is 3.24 Å². The van der Waals surface area contributed by atoms with Crippen LogP contribution >= 0.6 is 11.6 Å². The van der Waals surface area contributed by atoms with Gasteiger partial charge in [0.05, 0.1) is 5.50 Å². The normalized spacial score (nSPS) is 13.9. The maximum atomic E-state index is 6.15. The van der Waals surface area contributed by atoms with Gasteiger partial charge in [-0.3, -0.25) is 4.90 Å². The highest BCUT2D eigenvalue weighted by Gasteiger charge is 2.10. The van der Waals surface area contributed by atoms with Gasteiger partial charge in [-0.2, -0.15) is 0 Å². The predicted octanol–water partition coefficient (Wildman–Crippen LogP) is 3.08. The molecule has 0 fully saturated rings. The number of nitrogens with zero attached hydrogens (tertiary/aromatic N) is 1. The summed E-state index contributed by atoms with van der Waals surface area (Å²) in [5.41, 5.74) is 0.255. The SMILES string of the molecule is CCCC(Cl)N(CC)CCC. The van der Waals surface area contributed by atoms with Gasteiger partial charge in [-0.05, 0) is 25.9 Å². The smallest absolute Gasteiger partial charge is 0.0850 e. The molecule has 0 saturated heterocycles. The van der Waals surface area contributed by atoms with Crippen molar-refractivity contribution in [1.29, 1.82) is 0 Å². The first-order chi connectivity index (χ1) is 5.26. The minimum atomic E-state index is 0.255. The Morgan fingerprint density at radius 3 is 2.18 bits per heavy atom. The lowest BCUT2D eigenvalue weighted by atomic mass is 10.3. The molecule has 1 unspecified atom stereocenters. The van der Waals surface area contributed by atoms with Gasteiger partial charge in [-0.25, -0.2) is 0 Å². The summed E-state index contributed by atoms with van der Waals surface area (Å²) in [5.74, 6) is 0. The largest absolute Gasteiger partial charge is 0.288 e. The number of halogens is 1. The number of hydrogen-bond acceptors (Lipinski definition) is 1. The van der Waals surface area contributed by atoms with E-state index in [2.05, 4.69) is 25.7 Å². The van der Waals surface area contributed by atoms with Gasteiger partial charge in [0.1, 0.15) is 0 Å². The van der Waals surface area contributed by atoms with E-state index in [9.17, 15) is 0 Å². The van der Waals surface area contributed by atoms with Crippen LogP contribution in [0.2, 0.25) is 0 Å². The van der Waals surface area contributed by atoms with Crippen molar-refractivity contribution in [2.75, 3.05) is 13.1 Å². The highest BCUT2D eigenvalue weighted by Crippen LogP contribution is 2.11. The summed E-state index contributed by atoms with van der Waals surface area (Å²) in [6.07, 6.45) is 3.48. The monoisotopic (exact) mass is 177 g/mol. The molecule has 0 aromatic rings. The van der Waals surface area contributed by atoms with Crippen LogP contribution in [-0.2, 0) is 0 Å². The molecule has 0 aliphatic heterocycles. The lowest BCUT2D eigenvalue weighted by Crippen LogP contribution is -2.31. The van der Waals surface area contributed by atoms with Crippen molar-refractivity contribution in [1.82, 2.24) is 4.90 Å². The third-order valence-electron chi connectivity index (χ3n) is 1.84. The van der Waals surface area contributed by atoms with Crippen LogP contribution in [0, 0.1) is 0 Å². The molecule has 1 nitrogen and oxygen atoms in total. The van der Waals surface area contributed by atoms with E-state index in [0.29, 0.717) is 0 Å². The Balaban J connectivity index is 3.61. The van der Waals surface area contributed by atoms with E-state index in [-0.39, 0.29) is 5.50 Å². The van der Waals surface area contributed by atoms with Crippen molar-refractivity contribution >= 4 is 11.6 Å². The fourth-order valence-corrected chi connectivity index (χ4v) is 1.66. The van der Waals surface area contributed by atoms with E-state index >= 15 is 0 Å². The van der Waals surface area contributed by atoms with Crippen LogP contribution < -0.4 is 0 Å². The number of alkyl halides is 1. The van der Waals surface area contributed by atoms with E-state index < -0.39 is 0 Å². The van der Waals surface area contributed by atoms with Crippen molar-refractivity contribution in [2.24, 2.45) is 0 Å². The van der Waals surface area contributed by atoms with Crippen LogP contribution in [0.15, 0.2) is 0 Å². The van der Waals surface area contributed by atoms with Crippen molar-refractivity contribution in [3.05, 3.63) is 0 Å². The minimum absolute atomic E-state index is 0.255. The van der Waals surface area contributed by atoms with Crippen LogP contribution in [0.25, 0.3) is 0 Å².